The summed E-state index contributed by atoms with van der Waals surface area (Å²) in [6.07, 6.45) is 1.92. The van der Waals surface area contributed by atoms with Crippen LogP contribution in [0.4, 0.5) is 0 Å². The predicted molar refractivity (Wildman–Crippen MR) is 64.2 cm³/mol. The Kier molecular flexibility index (Phi) is 3.18. The number of aromatic hydroxyl groups is 1. The molecule has 18 heavy (non-hydrogen) atoms. The lowest BCUT2D eigenvalue weighted by molar-refractivity contribution is 0.112. The molecule has 6 nitrogen and oxygen atoms in total. The largest absolute Gasteiger partial charge is 0.496 e. The standard InChI is InChI=1S/C12H12N2O4/c1-18-10-3-2-8(7-15)4-9(10)6-14-11(16)5-13-12(14)17/h2-5,7,16H,6H2,1H3,(H,13,17). The van der Waals surface area contributed by atoms with Crippen LogP contribution >= 0.6 is 0 Å². The number of aromatic amines is 1. The van der Waals surface area contributed by atoms with Gasteiger partial charge in [-0.2, -0.15) is 0 Å². The number of aldehydes is 1. The Balaban J connectivity index is 2.44. The molecule has 0 saturated carbocycles. The van der Waals surface area contributed by atoms with Gasteiger partial charge in [-0.25, -0.2) is 4.79 Å². The summed E-state index contributed by atoms with van der Waals surface area (Å²) in [4.78, 5) is 24.5. The first kappa shape index (κ1) is 12.0. The molecule has 2 N–H and O–H groups in total. The highest BCUT2D eigenvalue weighted by molar-refractivity contribution is 5.75. The molecule has 2 rings (SSSR count). The number of imidazole rings is 1. The number of hydrogen-bond acceptors (Lipinski definition) is 4. The van der Waals surface area contributed by atoms with Crippen molar-refractivity contribution in [2.24, 2.45) is 0 Å². The maximum absolute atomic E-state index is 11.4. The number of aromatic nitrogens is 2. The molecule has 1 aromatic carbocycles. The fourth-order valence-corrected chi connectivity index (χ4v) is 1.70. The van der Waals surface area contributed by atoms with E-state index in [-0.39, 0.29) is 12.4 Å². The molecule has 0 aliphatic rings. The van der Waals surface area contributed by atoms with Crippen LogP contribution in [0.25, 0.3) is 0 Å². The highest BCUT2D eigenvalue weighted by Crippen LogP contribution is 2.21. The first-order valence-electron chi connectivity index (χ1n) is 5.25. The van der Waals surface area contributed by atoms with Gasteiger partial charge in [-0.05, 0) is 18.2 Å². The fourth-order valence-electron chi connectivity index (χ4n) is 1.70. The molecule has 0 unspecified atom stereocenters. The normalized spacial score (nSPS) is 10.3. The van der Waals surface area contributed by atoms with Gasteiger partial charge in [0, 0.05) is 11.1 Å². The van der Waals surface area contributed by atoms with Gasteiger partial charge in [-0.3, -0.25) is 9.36 Å². The van der Waals surface area contributed by atoms with Crippen molar-refractivity contribution in [3.05, 3.63) is 46.0 Å². The maximum Gasteiger partial charge on any atom is 0.328 e. The Labute approximate surface area is 102 Å². The molecule has 1 heterocycles. The molecule has 6 heteroatoms. The van der Waals surface area contributed by atoms with Crippen molar-refractivity contribution in [3.63, 3.8) is 0 Å². The molecule has 0 spiro atoms. The molecule has 0 aliphatic carbocycles. The molecule has 0 bridgehead atoms. The molecule has 0 saturated heterocycles. The van der Waals surface area contributed by atoms with E-state index >= 15 is 0 Å². The molecule has 0 aliphatic heterocycles. The number of carbonyl (C=O) groups is 1. The van der Waals surface area contributed by atoms with Crippen LogP contribution in [-0.4, -0.2) is 28.1 Å². The summed E-state index contributed by atoms with van der Waals surface area (Å²) in [7, 11) is 1.50. The highest BCUT2D eigenvalue weighted by atomic mass is 16.5. The molecular formula is C12H12N2O4. The zero-order valence-corrected chi connectivity index (χ0v) is 9.71. The van der Waals surface area contributed by atoms with Crippen molar-refractivity contribution < 1.29 is 14.6 Å². The number of hydrogen-bond donors (Lipinski definition) is 2. The topological polar surface area (TPSA) is 84.3 Å². The van der Waals surface area contributed by atoms with Gasteiger partial charge in [0.05, 0.1) is 19.9 Å². The van der Waals surface area contributed by atoms with E-state index in [1.807, 2.05) is 0 Å². The van der Waals surface area contributed by atoms with E-state index in [1.165, 1.54) is 13.3 Å². The van der Waals surface area contributed by atoms with Crippen molar-refractivity contribution in [1.29, 1.82) is 0 Å². The second kappa shape index (κ2) is 4.79. The van der Waals surface area contributed by atoms with Gasteiger partial charge in [-0.1, -0.05) is 0 Å². The summed E-state index contributed by atoms with van der Waals surface area (Å²) in [5.74, 6) is 0.381. The second-order valence-electron chi connectivity index (χ2n) is 3.73. The Morgan fingerprint density at radius 1 is 1.50 bits per heavy atom. The number of ether oxygens (including phenoxy) is 1. The van der Waals surface area contributed by atoms with E-state index in [0.717, 1.165) is 4.57 Å². The van der Waals surface area contributed by atoms with E-state index in [0.29, 0.717) is 23.2 Å². The van der Waals surface area contributed by atoms with Crippen LogP contribution in [0.5, 0.6) is 11.6 Å². The molecular weight excluding hydrogens is 236 g/mol. The van der Waals surface area contributed by atoms with Gasteiger partial charge in [0.25, 0.3) is 0 Å². The smallest absolute Gasteiger partial charge is 0.328 e. The van der Waals surface area contributed by atoms with Crippen LogP contribution in [0.2, 0.25) is 0 Å². The first-order valence-corrected chi connectivity index (χ1v) is 5.25. The maximum atomic E-state index is 11.4. The number of nitrogens with one attached hydrogen (secondary N) is 1. The van der Waals surface area contributed by atoms with E-state index in [4.69, 9.17) is 4.74 Å². The van der Waals surface area contributed by atoms with Crippen LogP contribution in [0.3, 0.4) is 0 Å². The number of nitrogens with zero attached hydrogens (tertiary/aromatic N) is 1. The van der Waals surface area contributed by atoms with Gasteiger partial charge in [0.1, 0.15) is 12.0 Å². The average Bonchev–Trinajstić information content (AvgIpc) is 2.70. The SMILES string of the molecule is COc1ccc(C=O)cc1Cn1c(O)c[nH]c1=O. The third-order valence-electron chi connectivity index (χ3n) is 2.62. The minimum Gasteiger partial charge on any atom is -0.496 e. The van der Waals surface area contributed by atoms with Crippen LogP contribution in [0.15, 0.2) is 29.2 Å². The van der Waals surface area contributed by atoms with Crippen molar-refractivity contribution >= 4 is 6.29 Å². The van der Waals surface area contributed by atoms with E-state index in [2.05, 4.69) is 4.98 Å². The Hall–Kier alpha value is -2.50. The number of benzene rings is 1. The third-order valence-corrected chi connectivity index (χ3v) is 2.62. The summed E-state index contributed by atoms with van der Waals surface area (Å²) in [6.45, 7) is 0.124. The number of H-pyrrole nitrogens is 1. The fraction of sp³-hybridized carbons (Fsp3) is 0.167. The lowest BCUT2D eigenvalue weighted by Gasteiger charge is -2.09. The average molecular weight is 248 g/mol. The first-order chi connectivity index (χ1) is 8.65. The Bertz CT molecular complexity index is 627. The van der Waals surface area contributed by atoms with Crippen molar-refractivity contribution in [2.75, 3.05) is 7.11 Å². The lowest BCUT2D eigenvalue weighted by Crippen LogP contribution is -2.17. The van der Waals surface area contributed by atoms with Gasteiger partial charge >= 0.3 is 5.69 Å². The molecule has 0 amide bonds. The molecule has 1 aromatic heterocycles. The molecule has 94 valence electrons. The summed E-state index contributed by atoms with van der Waals surface area (Å²) < 4.78 is 6.30. The number of rotatable bonds is 4. The van der Waals surface area contributed by atoms with Gasteiger partial charge in [0.15, 0.2) is 0 Å². The van der Waals surface area contributed by atoms with Gasteiger partial charge in [0.2, 0.25) is 5.88 Å². The summed E-state index contributed by atoms with van der Waals surface area (Å²) in [5, 5.41) is 9.50. The molecule has 0 radical (unpaired) electrons. The van der Waals surface area contributed by atoms with Gasteiger partial charge < -0.3 is 14.8 Å². The molecule has 0 fully saturated rings. The van der Waals surface area contributed by atoms with Crippen LogP contribution in [0.1, 0.15) is 15.9 Å². The summed E-state index contributed by atoms with van der Waals surface area (Å²) in [6, 6.07) is 4.88. The Morgan fingerprint density at radius 3 is 2.83 bits per heavy atom. The van der Waals surface area contributed by atoms with Crippen LogP contribution in [0, 0.1) is 0 Å². The Morgan fingerprint density at radius 2 is 2.28 bits per heavy atom. The zero-order valence-electron chi connectivity index (χ0n) is 9.71. The van der Waals surface area contributed by atoms with Crippen molar-refractivity contribution in [2.45, 2.75) is 6.54 Å². The quantitative estimate of drug-likeness (QED) is 0.782. The summed E-state index contributed by atoms with van der Waals surface area (Å²) in [5.41, 5.74) is 0.694. The van der Waals surface area contributed by atoms with E-state index in [1.54, 1.807) is 18.2 Å². The van der Waals surface area contributed by atoms with Crippen LogP contribution in [-0.2, 0) is 6.54 Å². The van der Waals surface area contributed by atoms with E-state index in [9.17, 15) is 14.7 Å². The van der Waals surface area contributed by atoms with Crippen molar-refractivity contribution in [3.8, 4) is 11.6 Å². The highest BCUT2D eigenvalue weighted by Gasteiger charge is 2.10. The number of methoxy groups -OCH3 is 1. The monoisotopic (exact) mass is 248 g/mol. The minimum atomic E-state index is -0.425. The van der Waals surface area contributed by atoms with E-state index < -0.39 is 5.69 Å². The van der Waals surface area contributed by atoms with Crippen LogP contribution < -0.4 is 10.4 Å². The third kappa shape index (κ3) is 2.13. The second-order valence-corrected chi connectivity index (χ2v) is 3.73. The van der Waals surface area contributed by atoms with Crippen molar-refractivity contribution in [1.82, 2.24) is 9.55 Å². The lowest BCUT2D eigenvalue weighted by atomic mass is 10.1. The van der Waals surface area contributed by atoms with Gasteiger partial charge in [-0.15, -0.1) is 0 Å². The minimum absolute atomic E-state index is 0.124. The summed E-state index contributed by atoms with van der Waals surface area (Å²) >= 11 is 0. The number of carbonyl (C=O) groups excluding carboxylic acids is 1. The zero-order chi connectivity index (χ0) is 13.1. The molecule has 2 aromatic rings. The molecule has 0 atom stereocenters. The predicted octanol–water partition coefficient (Wildman–Crippen LogP) is 0.751.